The highest BCUT2D eigenvalue weighted by Crippen LogP contribution is 2.24. The molecule has 2 nitrogen and oxygen atoms in total. The van der Waals surface area contributed by atoms with Crippen molar-refractivity contribution in [2.45, 2.75) is 31.6 Å². The van der Waals surface area contributed by atoms with Crippen LogP contribution in [0.2, 0.25) is 0 Å². The SMILES string of the molecule is CCCOc1ccc(C(=O)Sc2ccc(CC)cc2)cc1. The lowest BCUT2D eigenvalue weighted by atomic mass is 10.2. The highest BCUT2D eigenvalue weighted by molar-refractivity contribution is 8.14. The van der Waals surface area contributed by atoms with E-state index in [-0.39, 0.29) is 5.12 Å². The molecule has 0 amide bonds. The van der Waals surface area contributed by atoms with Crippen molar-refractivity contribution in [1.29, 1.82) is 0 Å². The minimum atomic E-state index is 0.0567. The minimum absolute atomic E-state index is 0.0567. The Kier molecular flexibility index (Phi) is 5.88. The first-order valence-electron chi connectivity index (χ1n) is 7.27. The van der Waals surface area contributed by atoms with Crippen LogP contribution in [0.4, 0.5) is 0 Å². The van der Waals surface area contributed by atoms with Gasteiger partial charge in [-0.1, -0.05) is 26.0 Å². The standard InChI is InChI=1S/C18H20O2S/c1-3-13-20-16-9-7-15(8-10-16)18(19)21-17-11-5-14(4-2)6-12-17/h5-12H,3-4,13H2,1-2H3. The molecule has 2 aromatic rings. The first-order chi connectivity index (χ1) is 10.2. The van der Waals surface area contributed by atoms with Gasteiger partial charge >= 0.3 is 0 Å². The second-order valence-corrected chi connectivity index (χ2v) is 5.81. The van der Waals surface area contributed by atoms with Crippen LogP contribution in [0, 0.1) is 0 Å². The molecule has 0 N–H and O–H groups in total. The van der Waals surface area contributed by atoms with E-state index in [0.29, 0.717) is 12.2 Å². The number of thioether (sulfide) groups is 1. The Hall–Kier alpha value is -1.74. The fraction of sp³-hybridized carbons (Fsp3) is 0.278. The van der Waals surface area contributed by atoms with Gasteiger partial charge in [0, 0.05) is 10.5 Å². The third-order valence-electron chi connectivity index (χ3n) is 3.11. The van der Waals surface area contributed by atoms with Crippen LogP contribution in [0.1, 0.15) is 36.2 Å². The Bertz CT molecular complexity index is 573. The lowest BCUT2D eigenvalue weighted by Gasteiger charge is -2.06. The van der Waals surface area contributed by atoms with Crippen molar-refractivity contribution in [1.82, 2.24) is 0 Å². The molecule has 0 bridgehead atoms. The summed E-state index contributed by atoms with van der Waals surface area (Å²) in [6.45, 7) is 4.89. The molecule has 0 heterocycles. The molecule has 0 aliphatic rings. The van der Waals surface area contributed by atoms with Gasteiger partial charge in [0.15, 0.2) is 0 Å². The summed E-state index contributed by atoms with van der Waals surface area (Å²) in [6.07, 6.45) is 1.99. The highest BCUT2D eigenvalue weighted by atomic mass is 32.2. The number of rotatable bonds is 6. The van der Waals surface area contributed by atoms with E-state index in [4.69, 9.17) is 4.74 Å². The minimum Gasteiger partial charge on any atom is -0.494 e. The zero-order valence-electron chi connectivity index (χ0n) is 12.5. The molecule has 0 atom stereocenters. The molecular formula is C18H20O2S. The first kappa shape index (κ1) is 15.6. The summed E-state index contributed by atoms with van der Waals surface area (Å²) >= 11 is 1.26. The summed E-state index contributed by atoms with van der Waals surface area (Å²) in [6, 6.07) is 15.5. The average Bonchev–Trinajstić information content (AvgIpc) is 2.54. The van der Waals surface area contributed by atoms with Gasteiger partial charge in [-0.15, -0.1) is 0 Å². The molecule has 0 fully saturated rings. The van der Waals surface area contributed by atoms with Crippen LogP contribution >= 0.6 is 11.8 Å². The van der Waals surface area contributed by atoms with Crippen molar-refractivity contribution in [2.24, 2.45) is 0 Å². The van der Waals surface area contributed by atoms with E-state index in [1.165, 1.54) is 17.3 Å². The number of aryl methyl sites for hydroxylation is 1. The molecule has 0 aromatic heterocycles. The van der Waals surface area contributed by atoms with Gasteiger partial charge in [-0.25, -0.2) is 0 Å². The van der Waals surface area contributed by atoms with Gasteiger partial charge in [0.1, 0.15) is 5.75 Å². The summed E-state index contributed by atoms with van der Waals surface area (Å²) in [5.41, 5.74) is 1.98. The zero-order chi connectivity index (χ0) is 15.1. The van der Waals surface area contributed by atoms with Gasteiger partial charge in [0.2, 0.25) is 5.12 Å². The van der Waals surface area contributed by atoms with E-state index in [9.17, 15) is 4.79 Å². The van der Waals surface area contributed by atoms with Gasteiger partial charge in [-0.3, -0.25) is 4.79 Å². The van der Waals surface area contributed by atoms with Gasteiger partial charge in [0.05, 0.1) is 6.61 Å². The van der Waals surface area contributed by atoms with Crippen molar-refractivity contribution < 1.29 is 9.53 Å². The van der Waals surface area contributed by atoms with Crippen molar-refractivity contribution in [3.63, 3.8) is 0 Å². The summed E-state index contributed by atoms with van der Waals surface area (Å²) in [7, 11) is 0. The van der Waals surface area contributed by atoms with Gasteiger partial charge in [-0.2, -0.15) is 0 Å². The Labute approximate surface area is 130 Å². The van der Waals surface area contributed by atoms with Crippen molar-refractivity contribution in [2.75, 3.05) is 6.61 Å². The predicted molar refractivity (Wildman–Crippen MR) is 88.2 cm³/mol. The number of ether oxygens (including phenoxy) is 1. The molecule has 2 aromatic carbocycles. The Morgan fingerprint density at radius 3 is 2.24 bits per heavy atom. The third kappa shape index (κ3) is 4.64. The molecular weight excluding hydrogens is 280 g/mol. The van der Waals surface area contributed by atoms with E-state index in [0.717, 1.165) is 23.5 Å². The number of hydrogen-bond donors (Lipinski definition) is 0. The summed E-state index contributed by atoms with van der Waals surface area (Å²) in [5.74, 6) is 0.811. The maximum atomic E-state index is 12.2. The molecule has 0 spiro atoms. The molecule has 0 saturated heterocycles. The summed E-state index contributed by atoms with van der Waals surface area (Å²) < 4.78 is 5.52. The summed E-state index contributed by atoms with van der Waals surface area (Å²) in [4.78, 5) is 13.2. The van der Waals surface area contributed by atoms with Crippen LogP contribution in [-0.2, 0) is 6.42 Å². The molecule has 0 saturated carbocycles. The van der Waals surface area contributed by atoms with Crippen LogP contribution in [0.15, 0.2) is 53.4 Å². The normalized spacial score (nSPS) is 10.4. The third-order valence-corrected chi connectivity index (χ3v) is 4.03. The zero-order valence-corrected chi connectivity index (χ0v) is 13.3. The molecule has 0 aliphatic heterocycles. The van der Waals surface area contributed by atoms with E-state index >= 15 is 0 Å². The number of carbonyl (C=O) groups is 1. The molecule has 110 valence electrons. The van der Waals surface area contributed by atoms with Gasteiger partial charge < -0.3 is 4.74 Å². The largest absolute Gasteiger partial charge is 0.494 e. The van der Waals surface area contributed by atoms with Gasteiger partial charge in [0.25, 0.3) is 0 Å². The molecule has 3 heteroatoms. The van der Waals surface area contributed by atoms with E-state index in [1.54, 1.807) is 0 Å². The number of benzene rings is 2. The maximum absolute atomic E-state index is 12.2. The number of hydrogen-bond acceptors (Lipinski definition) is 3. The van der Waals surface area contributed by atoms with Crippen LogP contribution in [0.5, 0.6) is 5.75 Å². The Morgan fingerprint density at radius 2 is 1.67 bits per heavy atom. The summed E-state index contributed by atoms with van der Waals surface area (Å²) in [5, 5.41) is 0.0567. The molecule has 0 aliphatic carbocycles. The molecule has 0 radical (unpaired) electrons. The van der Waals surface area contributed by atoms with Crippen molar-refractivity contribution in [3.8, 4) is 5.75 Å². The molecule has 0 unspecified atom stereocenters. The van der Waals surface area contributed by atoms with Crippen molar-refractivity contribution in [3.05, 3.63) is 59.7 Å². The quantitative estimate of drug-likeness (QED) is 0.704. The van der Waals surface area contributed by atoms with Gasteiger partial charge in [-0.05, 0) is 66.6 Å². The smallest absolute Gasteiger partial charge is 0.224 e. The van der Waals surface area contributed by atoms with E-state index in [1.807, 2.05) is 36.4 Å². The van der Waals surface area contributed by atoms with Crippen LogP contribution in [-0.4, -0.2) is 11.7 Å². The Morgan fingerprint density at radius 1 is 1.00 bits per heavy atom. The topological polar surface area (TPSA) is 26.3 Å². The second-order valence-electron chi connectivity index (χ2n) is 4.76. The van der Waals surface area contributed by atoms with Crippen LogP contribution in [0.3, 0.4) is 0 Å². The lowest BCUT2D eigenvalue weighted by molar-refractivity contribution is 0.108. The van der Waals surface area contributed by atoms with E-state index < -0.39 is 0 Å². The monoisotopic (exact) mass is 300 g/mol. The molecule has 2 rings (SSSR count). The fourth-order valence-electron chi connectivity index (χ4n) is 1.87. The fourth-order valence-corrected chi connectivity index (χ4v) is 2.61. The lowest BCUT2D eigenvalue weighted by Crippen LogP contribution is -1.97. The molecule has 21 heavy (non-hydrogen) atoms. The van der Waals surface area contributed by atoms with Crippen molar-refractivity contribution >= 4 is 16.9 Å². The maximum Gasteiger partial charge on any atom is 0.224 e. The second kappa shape index (κ2) is 7.89. The average molecular weight is 300 g/mol. The predicted octanol–water partition coefficient (Wildman–Crippen LogP) is 4.97. The number of carbonyl (C=O) groups excluding carboxylic acids is 1. The van der Waals surface area contributed by atoms with Crippen LogP contribution < -0.4 is 4.74 Å². The Balaban J connectivity index is 1.98. The van der Waals surface area contributed by atoms with Crippen LogP contribution in [0.25, 0.3) is 0 Å². The first-order valence-corrected chi connectivity index (χ1v) is 8.08. The van der Waals surface area contributed by atoms with E-state index in [2.05, 4.69) is 26.0 Å². The highest BCUT2D eigenvalue weighted by Gasteiger charge is 2.08.